The Balaban J connectivity index is 2.72. The summed E-state index contributed by atoms with van der Waals surface area (Å²) < 4.78 is 28.4. The summed E-state index contributed by atoms with van der Waals surface area (Å²) in [6.07, 6.45) is 68.4. The summed E-state index contributed by atoms with van der Waals surface area (Å²) in [5.41, 5.74) is 0. The molecule has 0 aromatic carbocycles. The molecule has 0 spiro atoms. The first-order chi connectivity index (χ1) is 40.6. The Morgan fingerprint density at radius 2 is 0.771 bits per heavy atom. The van der Waals surface area contributed by atoms with Crippen LogP contribution in [0.2, 0.25) is 0 Å². The molecule has 3 N–H and O–H groups in total. The van der Waals surface area contributed by atoms with E-state index in [1.54, 1.807) is 0 Å². The third-order valence-electron chi connectivity index (χ3n) is 13.7. The lowest BCUT2D eigenvalue weighted by Gasteiger charge is -2.40. The molecular weight excluding hydrogens is 1040 g/mol. The van der Waals surface area contributed by atoms with Crippen LogP contribution in [0.25, 0.3) is 0 Å². The monoisotopic (exact) mass is 1160 g/mol. The molecule has 1 saturated heterocycles. The van der Waals surface area contributed by atoms with E-state index in [0.717, 1.165) is 148 Å². The molecule has 0 aromatic heterocycles. The van der Waals surface area contributed by atoms with Crippen LogP contribution in [0, 0.1) is 0 Å². The number of ether oxygens (including phenoxy) is 5. The standard InChI is InChI=1S/C71H112O12/c1-4-7-10-13-16-19-22-25-28-31-32-35-36-39-42-45-48-51-54-57-63(72)79-60-62(81-64(73)58-55-52-49-46-43-40-37-33-29-26-23-20-17-14-11-8-5-2)61-80-71-69(67(76)66(75)68(83-71)70(77)78)82-65(74)59-56-53-50-47-44-41-38-34-30-27-24-21-18-15-12-9-6-3/h8-9,11-12,16-21,25-30,32,35,38,41,47,50,62,66-69,71,75-76H,4-7,10,13-15,22-24,31,33-34,36-37,39-40,42-46,48-49,51-61H2,1-3H3,(H,77,78)/b11-8-,12-9-,19-16-,20-17-,21-18-,28-25-,29-26-,30-27-,35-32-,41-38-,50-47-. The number of rotatable bonds is 53. The molecule has 468 valence electrons. The summed E-state index contributed by atoms with van der Waals surface area (Å²) in [5, 5.41) is 31.6. The average Bonchev–Trinajstić information content (AvgIpc) is 3.55. The van der Waals surface area contributed by atoms with Crippen LogP contribution >= 0.6 is 0 Å². The van der Waals surface area contributed by atoms with E-state index in [2.05, 4.69) is 142 Å². The number of esters is 3. The number of carbonyl (C=O) groups is 4. The molecule has 1 fully saturated rings. The number of aliphatic hydroxyl groups excluding tert-OH is 2. The zero-order valence-electron chi connectivity index (χ0n) is 51.6. The van der Waals surface area contributed by atoms with Crippen molar-refractivity contribution in [2.24, 2.45) is 0 Å². The lowest BCUT2D eigenvalue weighted by molar-refractivity contribution is -0.301. The van der Waals surface area contributed by atoms with Crippen LogP contribution in [0.5, 0.6) is 0 Å². The average molecular weight is 1160 g/mol. The predicted molar refractivity (Wildman–Crippen MR) is 340 cm³/mol. The summed E-state index contributed by atoms with van der Waals surface area (Å²) in [7, 11) is 0. The van der Waals surface area contributed by atoms with Gasteiger partial charge >= 0.3 is 23.9 Å². The van der Waals surface area contributed by atoms with E-state index in [1.165, 1.54) is 25.7 Å². The Labute approximate surface area is 502 Å². The SMILES string of the molecule is CC/C=C\C/C=C\C/C=C\C/C=C\C/C=C\CCCC(=O)OC1C(OCC(COC(=O)CCCCCCCC/C=C\C/C=C\C/C=C\CCCCC)OC(=O)CCCCCCCCC/C=C\C/C=C\C/C=C\CC)OC(C(=O)O)C(O)C1O. The number of hydrogen-bond acceptors (Lipinski definition) is 11. The smallest absolute Gasteiger partial charge is 0.335 e. The number of allylic oxidation sites excluding steroid dienone is 22. The third kappa shape index (κ3) is 46.9. The van der Waals surface area contributed by atoms with Gasteiger partial charge in [-0.25, -0.2) is 4.79 Å². The van der Waals surface area contributed by atoms with Gasteiger partial charge in [0, 0.05) is 19.3 Å². The molecule has 12 heteroatoms. The van der Waals surface area contributed by atoms with Gasteiger partial charge in [0.15, 0.2) is 24.6 Å². The van der Waals surface area contributed by atoms with Gasteiger partial charge in [-0.2, -0.15) is 0 Å². The maximum Gasteiger partial charge on any atom is 0.335 e. The topological polar surface area (TPSA) is 175 Å². The first kappa shape index (κ1) is 75.9. The van der Waals surface area contributed by atoms with E-state index in [9.17, 15) is 34.5 Å². The van der Waals surface area contributed by atoms with Crippen molar-refractivity contribution in [2.75, 3.05) is 13.2 Å². The molecule has 1 rings (SSSR count). The highest BCUT2D eigenvalue weighted by Crippen LogP contribution is 2.26. The molecule has 0 radical (unpaired) electrons. The third-order valence-corrected chi connectivity index (χ3v) is 13.7. The second kappa shape index (κ2) is 57.3. The minimum atomic E-state index is -1.93. The van der Waals surface area contributed by atoms with Crippen molar-refractivity contribution in [1.29, 1.82) is 0 Å². The number of aliphatic carboxylic acids is 1. The van der Waals surface area contributed by atoms with E-state index in [-0.39, 0.29) is 25.9 Å². The van der Waals surface area contributed by atoms with Gasteiger partial charge in [-0.05, 0) is 128 Å². The molecule has 1 heterocycles. The van der Waals surface area contributed by atoms with Crippen LogP contribution < -0.4 is 0 Å². The Hall–Kier alpha value is -5.14. The van der Waals surface area contributed by atoms with Gasteiger partial charge < -0.3 is 39.0 Å². The fraction of sp³-hybridized carbons (Fsp3) is 0.634. The van der Waals surface area contributed by atoms with Crippen molar-refractivity contribution in [3.05, 3.63) is 134 Å². The highest BCUT2D eigenvalue weighted by molar-refractivity contribution is 5.74. The zero-order chi connectivity index (χ0) is 60.3. The minimum Gasteiger partial charge on any atom is -0.479 e. The fourth-order valence-electron chi connectivity index (χ4n) is 8.84. The first-order valence-electron chi connectivity index (χ1n) is 32.2. The molecule has 0 saturated carbocycles. The van der Waals surface area contributed by atoms with Crippen LogP contribution in [-0.2, 0) is 42.9 Å². The van der Waals surface area contributed by atoms with Crippen LogP contribution in [-0.4, -0.2) is 89.2 Å². The maximum atomic E-state index is 13.2. The number of carboxylic acids is 1. The van der Waals surface area contributed by atoms with Crippen LogP contribution in [0.3, 0.4) is 0 Å². The summed E-state index contributed by atoms with van der Waals surface area (Å²) in [5.74, 6) is -3.24. The summed E-state index contributed by atoms with van der Waals surface area (Å²) in [4.78, 5) is 51.3. The highest BCUT2D eigenvalue weighted by Gasteiger charge is 2.50. The predicted octanol–water partition coefficient (Wildman–Crippen LogP) is 17.3. The van der Waals surface area contributed by atoms with E-state index in [1.807, 2.05) is 12.2 Å². The van der Waals surface area contributed by atoms with E-state index in [0.29, 0.717) is 25.7 Å². The van der Waals surface area contributed by atoms with Crippen molar-refractivity contribution < 1.29 is 58.2 Å². The van der Waals surface area contributed by atoms with Crippen molar-refractivity contribution in [3.63, 3.8) is 0 Å². The largest absolute Gasteiger partial charge is 0.479 e. The number of aliphatic hydroxyl groups is 2. The van der Waals surface area contributed by atoms with E-state index in [4.69, 9.17) is 23.7 Å². The maximum absolute atomic E-state index is 13.2. The molecule has 6 atom stereocenters. The molecule has 6 unspecified atom stereocenters. The lowest BCUT2D eigenvalue weighted by atomic mass is 9.98. The van der Waals surface area contributed by atoms with Gasteiger partial charge in [-0.3, -0.25) is 14.4 Å². The summed E-state index contributed by atoms with van der Waals surface area (Å²) in [6, 6.07) is 0. The van der Waals surface area contributed by atoms with Crippen LogP contribution in [0.15, 0.2) is 134 Å². The molecule has 0 aromatic rings. The van der Waals surface area contributed by atoms with E-state index < -0.39 is 67.3 Å². The quantitative estimate of drug-likeness (QED) is 0.0228. The van der Waals surface area contributed by atoms with Gasteiger partial charge in [0.2, 0.25) is 0 Å². The summed E-state index contributed by atoms with van der Waals surface area (Å²) >= 11 is 0. The number of carbonyl (C=O) groups excluding carboxylic acids is 3. The minimum absolute atomic E-state index is 0.0273. The molecule has 0 amide bonds. The first-order valence-corrected chi connectivity index (χ1v) is 32.2. The molecule has 12 nitrogen and oxygen atoms in total. The van der Waals surface area contributed by atoms with Gasteiger partial charge in [0.1, 0.15) is 18.8 Å². The Kier molecular flexibility index (Phi) is 52.4. The Morgan fingerprint density at radius 1 is 0.410 bits per heavy atom. The van der Waals surface area contributed by atoms with Crippen LogP contribution in [0.4, 0.5) is 0 Å². The van der Waals surface area contributed by atoms with Crippen molar-refractivity contribution >= 4 is 23.9 Å². The summed E-state index contributed by atoms with van der Waals surface area (Å²) in [6.45, 7) is 5.70. The van der Waals surface area contributed by atoms with Gasteiger partial charge in [-0.15, -0.1) is 0 Å². The molecule has 1 aliphatic rings. The molecule has 83 heavy (non-hydrogen) atoms. The van der Waals surface area contributed by atoms with Gasteiger partial charge in [0.05, 0.1) is 6.61 Å². The van der Waals surface area contributed by atoms with Crippen molar-refractivity contribution in [2.45, 2.75) is 276 Å². The number of carboxylic acid groups (broad SMARTS) is 1. The fourth-order valence-corrected chi connectivity index (χ4v) is 8.84. The molecule has 0 aliphatic carbocycles. The van der Waals surface area contributed by atoms with Crippen LogP contribution in [0.1, 0.15) is 239 Å². The second-order valence-corrected chi connectivity index (χ2v) is 21.3. The zero-order valence-corrected chi connectivity index (χ0v) is 51.6. The Morgan fingerprint density at radius 3 is 1.19 bits per heavy atom. The molecule has 0 bridgehead atoms. The lowest BCUT2D eigenvalue weighted by Crippen LogP contribution is -2.61. The number of hydrogen-bond donors (Lipinski definition) is 3. The molecular formula is C71H112O12. The normalized spacial score (nSPS) is 18.5. The second-order valence-electron chi connectivity index (χ2n) is 21.3. The number of unbranched alkanes of at least 4 members (excludes halogenated alkanes) is 17. The van der Waals surface area contributed by atoms with Crippen molar-refractivity contribution in [1.82, 2.24) is 0 Å². The highest BCUT2D eigenvalue weighted by atomic mass is 16.7. The Bertz CT molecular complexity index is 1950. The van der Waals surface area contributed by atoms with Crippen molar-refractivity contribution in [3.8, 4) is 0 Å². The van der Waals surface area contributed by atoms with Gasteiger partial charge in [0.25, 0.3) is 0 Å². The van der Waals surface area contributed by atoms with Gasteiger partial charge in [-0.1, -0.05) is 225 Å². The van der Waals surface area contributed by atoms with E-state index >= 15 is 0 Å². The molecule has 1 aliphatic heterocycles.